The summed E-state index contributed by atoms with van der Waals surface area (Å²) in [6.45, 7) is 6.57. The Morgan fingerprint density at radius 1 is 1.58 bits per heavy atom. The van der Waals surface area contributed by atoms with Crippen LogP contribution >= 0.6 is 11.6 Å². The Hall–Kier alpha value is -1.75. The van der Waals surface area contributed by atoms with Crippen LogP contribution in [0.4, 0.5) is 0 Å². The van der Waals surface area contributed by atoms with Gasteiger partial charge in [0.15, 0.2) is 0 Å². The lowest BCUT2D eigenvalue weighted by atomic mass is 9.99. The van der Waals surface area contributed by atoms with Crippen LogP contribution in [-0.4, -0.2) is 18.8 Å². The molecule has 0 fully saturated rings. The van der Waals surface area contributed by atoms with Gasteiger partial charge in [0, 0.05) is 16.1 Å². The minimum absolute atomic E-state index is 0.216. The van der Waals surface area contributed by atoms with E-state index in [4.69, 9.17) is 27.5 Å². The SMILES string of the molecule is CCOc1c(C=NNC(=N)N)ccc(Cl)c1C(C)C. The molecule has 104 valence electrons. The summed E-state index contributed by atoms with van der Waals surface area (Å²) >= 11 is 6.22. The van der Waals surface area contributed by atoms with Gasteiger partial charge in [0.05, 0.1) is 12.8 Å². The van der Waals surface area contributed by atoms with Crippen LogP contribution in [0.1, 0.15) is 37.8 Å². The number of nitrogens with zero attached hydrogens (tertiary/aromatic N) is 1. The van der Waals surface area contributed by atoms with E-state index in [1.54, 1.807) is 6.21 Å². The normalized spacial score (nSPS) is 11.0. The van der Waals surface area contributed by atoms with E-state index < -0.39 is 0 Å². The van der Waals surface area contributed by atoms with Gasteiger partial charge in [-0.1, -0.05) is 25.4 Å². The van der Waals surface area contributed by atoms with Crippen molar-refractivity contribution in [3.05, 3.63) is 28.3 Å². The quantitative estimate of drug-likeness (QED) is 0.441. The van der Waals surface area contributed by atoms with Crippen LogP contribution in [0.3, 0.4) is 0 Å². The van der Waals surface area contributed by atoms with Crippen LogP contribution in [0, 0.1) is 5.41 Å². The third-order valence-corrected chi connectivity index (χ3v) is 2.76. The number of nitrogens with two attached hydrogens (primary N) is 1. The first-order valence-electron chi connectivity index (χ1n) is 6.05. The van der Waals surface area contributed by atoms with Gasteiger partial charge in [0.1, 0.15) is 5.75 Å². The van der Waals surface area contributed by atoms with Gasteiger partial charge in [0.25, 0.3) is 0 Å². The topological polar surface area (TPSA) is 83.5 Å². The molecular formula is C13H19ClN4O. The van der Waals surface area contributed by atoms with Crippen LogP contribution in [0.5, 0.6) is 5.75 Å². The first kappa shape index (κ1) is 15.3. The molecule has 1 aromatic carbocycles. The number of halogens is 1. The van der Waals surface area contributed by atoms with Crippen molar-refractivity contribution in [3.8, 4) is 5.75 Å². The minimum atomic E-state index is -0.216. The van der Waals surface area contributed by atoms with Crippen molar-refractivity contribution in [2.75, 3.05) is 6.61 Å². The van der Waals surface area contributed by atoms with Crippen molar-refractivity contribution in [1.29, 1.82) is 5.41 Å². The van der Waals surface area contributed by atoms with Gasteiger partial charge in [-0.25, -0.2) is 5.43 Å². The fraction of sp³-hybridized carbons (Fsp3) is 0.385. The second-order valence-corrected chi connectivity index (χ2v) is 4.66. The fourth-order valence-corrected chi connectivity index (χ4v) is 2.08. The van der Waals surface area contributed by atoms with Crippen molar-refractivity contribution < 1.29 is 4.74 Å². The third-order valence-electron chi connectivity index (χ3n) is 2.43. The standard InChI is InChI=1S/C13H19ClN4O/c1-4-19-12-9(7-17-18-13(15)16)5-6-10(14)11(12)8(2)3/h5-8H,4H2,1-3H3,(H4,15,16,18). The van der Waals surface area contributed by atoms with E-state index in [0.29, 0.717) is 11.6 Å². The number of rotatable bonds is 5. The summed E-state index contributed by atoms with van der Waals surface area (Å²) in [5.74, 6) is 0.745. The maximum atomic E-state index is 7.04. The number of guanidine groups is 1. The van der Waals surface area contributed by atoms with Gasteiger partial charge in [-0.2, -0.15) is 5.10 Å². The Labute approximate surface area is 118 Å². The number of nitrogens with one attached hydrogen (secondary N) is 2. The number of hydrogen-bond acceptors (Lipinski definition) is 3. The zero-order valence-electron chi connectivity index (χ0n) is 11.3. The van der Waals surface area contributed by atoms with Crippen molar-refractivity contribution in [2.24, 2.45) is 10.8 Å². The van der Waals surface area contributed by atoms with E-state index >= 15 is 0 Å². The summed E-state index contributed by atoms with van der Waals surface area (Å²) in [7, 11) is 0. The van der Waals surface area contributed by atoms with E-state index in [1.165, 1.54) is 0 Å². The molecule has 0 radical (unpaired) electrons. The fourth-order valence-electron chi connectivity index (χ4n) is 1.71. The molecular weight excluding hydrogens is 264 g/mol. The maximum Gasteiger partial charge on any atom is 0.206 e. The first-order valence-corrected chi connectivity index (χ1v) is 6.43. The summed E-state index contributed by atoms with van der Waals surface area (Å²) in [4.78, 5) is 0. The highest BCUT2D eigenvalue weighted by atomic mass is 35.5. The Bertz CT molecular complexity index is 486. The highest BCUT2D eigenvalue weighted by Gasteiger charge is 2.15. The van der Waals surface area contributed by atoms with Gasteiger partial charge in [0.2, 0.25) is 5.96 Å². The largest absolute Gasteiger partial charge is 0.493 e. The van der Waals surface area contributed by atoms with Gasteiger partial charge >= 0.3 is 0 Å². The van der Waals surface area contributed by atoms with Crippen molar-refractivity contribution in [3.63, 3.8) is 0 Å². The van der Waals surface area contributed by atoms with Crippen molar-refractivity contribution >= 4 is 23.8 Å². The van der Waals surface area contributed by atoms with Gasteiger partial charge < -0.3 is 10.5 Å². The molecule has 6 heteroatoms. The first-order chi connectivity index (χ1) is 8.97. The summed E-state index contributed by atoms with van der Waals surface area (Å²) in [6, 6.07) is 3.64. The van der Waals surface area contributed by atoms with E-state index in [-0.39, 0.29) is 11.9 Å². The molecule has 0 aromatic heterocycles. The van der Waals surface area contributed by atoms with Crippen LogP contribution in [0.2, 0.25) is 5.02 Å². The lowest BCUT2D eigenvalue weighted by molar-refractivity contribution is 0.334. The number of ether oxygens (including phenoxy) is 1. The molecule has 0 aliphatic heterocycles. The molecule has 0 spiro atoms. The predicted molar refractivity (Wildman–Crippen MR) is 79.4 cm³/mol. The average Bonchev–Trinajstić information content (AvgIpc) is 2.31. The molecule has 0 amide bonds. The molecule has 1 rings (SSSR count). The van der Waals surface area contributed by atoms with Crippen LogP contribution in [0.25, 0.3) is 0 Å². The summed E-state index contributed by atoms with van der Waals surface area (Å²) in [5.41, 5.74) is 9.28. The Morgan fingerprint density at radius 3 is 2.79 bits per heavy atom. The monoisotopic (exact) mass is 282 g/mol. The highest BCUT2D eigenvalue weighted by Crippen LogP contribution is 2.35. The van der Waals surface area contributed by atoms with Crippen LogP contribution in [0.15, 0.2) is 17.2 Å². The number of hydrazone groups is 1. The predicted octanol–water partition coefficient (Wildman–Crippen LogP) is 2.68. The Balaban J connectivity index is 3.19. The molecule has 4 N–H and O–H groups in total. The molecule has 1 aromatic rings. The van der Waals surface area contributed by atoms with Gasteiger partial charge in [-0.3, -0.25) is 5.41 Å². The van der Waals surface area contributed by atoms with Crippen LogP contribution in [-0.2, 0) is 0 Å². The maximum absolute atomic E-state index is 7.04. The molecule has 0 bridgehead atoms. The van der Waals surface area contributed by atoms with E-state index in [1.807, 2.05) is 19.1 Å². The smallest absolute Gasteiger partial charge is 0.206 e. The lowest BCUT2D eigenvalue weighted by Gasteiger charge is -2.17. The minimum Gasteiger partial charge on any atom is -0.493 e. The summed E-state index contributed by atoms with van der Waals surface area (Å²) in [6.07, 6.45) is 1.56. The van der Waals surface area contributed by atoms with E-state index in [2.05, 4.69) is 24.4 Å². The van der Waals surface area contributed by atoms with Gasteiger partial charge in [-0.15, -0.1) is 0 Å². The molecule has 5 nitrogen and oxygen atoms in total. The molecule has 0 saturated carbocycles. The molecule has 19 heavy (non-hydrogen) atoms. The zero-order valence-corrected chi connectivity index (χ0v) is 12.1. The average molecular weight is 283 g/mol. The third kappa shape index (κ3) is 4.13. The zero-order chi connectivity index (χ0) is 14.4. The lowest BCUT2D eigenvalue weighted by Crippen LogP contribution is -2.25. The van der Waals surface area contributed by atoms with Crippen molar-refractivity contribution in [1.82, 2.24) is 5.43 Å². The van der Waals surface area contributed by atoms with Gasteiger partial charge in [-0.05, 0) is 25.0 Å². The second-order valence-electron chi connectivity index (χ2n) is 4.25. The van der Waals surface area contributed by atoms with E-state index in [9.17, 15) is 0 Å². The molecule has 0 aliphatic rings. The number of benzene rings is 1. The summed E-state index contributed by atoms with van der Waals surface area (Å²) < 4.78 is 5.68. The van der Waals surface area contributed by atoms with Crippen molar-refractivity contribution in [2.45, 2.75) is 26.7 Å². The molecule has 0 aliphatic carbocycles. The Kier molecular flexibility index (Phi) is 5.63. The van der Waals surface area contributed by atoms with E-state index in [0.717, 1.165) is 16.9 Å². The highest BCUT2D eigenvalue weighted by molar-refractivity contribution is 6.31. The van der Waals surface area contributed by atoms with Crippen LogP contribution < -0.4 is 15.9 Å². The Morgan fingerprint density at radius 2 is 2.26 bits per heavy atom. The molecule has 0 unspecified atom stereocenters. The summed E-state index contributed by atoms with van der Waals surface area (Å²) in [5, 5.41) is 11.6. The number of hydrogen-bond donors (Lipinski definition) is 3. The second kappa shape index (κ2) is 6.99. The molecule has 0 saturated heterocycles. The molecule has 0 heterocycles. The molecule has 0 atom stereocenters.